The fourth-order valence-electron chi connectivity index (χ4n) is 7.25. The molecule has 0 unspecified atom stereocenters. The molecule has 2 heterocycles. The third-order valence-electron chi connectivity index (χ3n) is 9.93. The Kier molecular flexibility index (Phi) is 12.0. The SMILES string of the molecule is CCCOc1cccc(-c2nc(-c3ccccc3)c(-c3ccccc3)n2C2(c3cccc(OCCCS(=O)(=O)O)c3Cl)N=C(c3ccccc3)C(c3ccccc3)=N2)c1Cl. The number of aromatic nitrogens is 2. The first-order chi connectivity index (χ1) is 29.2. The van der Waals surface area contributed by atoms with E-state index in [0.29, 0.717) is 57.1 Å². The van der Waals surface area contributed by atoms with Gasteiger partial charge in [0.2, 0.25) is 0 Å². The van der Waals surface area contributed by atoms with Crippen molar-refractivity contribution in [2.24, 2.45) is 9.98 Å². The van der Waals surface area contributed by atoms with Crippen LogP contribution in [-0.4, -0.2) is 52.9 Å². The summed E-state index contributed by atoms with van der Waals surface area (Å²) in [6, 6.07) is 50.6. The Morgan fingerprint density at radius 3 is 1.67 bits per heavy atom. The number of imidazole rings is 1. The summed E-state index contributed by atoms with van der Waals surface area (Å²) in [5.74, 6) is -0.931. The zero-order chi connectivity index (χ0) is 41.7. The topological polar surface area (TPSA) is 115 Å². The summed E-state index contributed by atoms with van der Waals surface area (Å²) >= 11 is 14.9. The van der Waals surface area contributed by atoms with Gasteiger partial charge in [0.05, 0.1) is 51.8 Å². The van der Waals surface area contributed by atoms with Crippen LogP contribution in [0.4, 0.5) is 0 Å². The molecule has 9 nitrogen and oxygen atoms in total. The van der Waals surface area contributed by atoms with Crippen LogP contribution in [0.25, 0.3) is 33.9 Å². The normalized spacial score (nSPS) is 13.5. The molecule has 7 aromatic rings. The third-order valence-corrected chi connectivity index (χ3v) is 11.5. The van der Waals surface area contributed by atoms with Gasteiger partial charge in [-0.15, -0.1) is 0 Å². The number of nitrogens with zero attached hydrogens (tertiary/aromatic N) is 4. The molecule has 1 aliphatic rings. The van der Waals surface area contributed by atoms with Crippen molar-refractivity contribution in [3.05, 3.63) is 184 Å². The van der Waals surface area contributed by atoms with Crippen LogP contribution in [0.15, 0.2) is 168 Å². The first-order valence-electron chi connectivity index (χ1n) is 19.5. The quantitative estimate of drug-likeness (QED) is 0.0811. The minimum absolute atomic E-state index is 0.0308. The maximum absolute atomic E-state index is 11.5. The van der Waals surface area contributed by atoms with E-state index >= 15 is 0 Å². The fraction of sp³-hybridized carbons (Fsp3) is 0.146. The number of ether oxygens (including phenoxy) is 2. The Morgan fingerprint density at radius 2 is 1.12 bits per heavy atom. The monoisotopic (exact) mass is 854 g/mol. The predicted molar refractivity (Wildman–Crippen MR) is 240 cm³/mol. The molecule has 1 aliphatic heterocycles. The van der Waals surface area contributed by atoms with Crippen LogP contribution in [0.3, 0.4) is 0 Å². The standard InChI is InChI=1S/C48H40Cl2N4O5S/c1-2-30-58-39-28-15-26-37(41(39)49)47-51-45(35-22-11-5-12-23-35)46(36-24-13-6-14-25-36)54(47)48(38-27-16-29-40(42(38)50)59-31-17-32-60(55,56)57)52-43(33-18-7-3-8-19-33)44(53-48)34-20-9-4-10-21-34/h3-16,18-29H,2,17,30-32H2,1H3,(H,55,56,57). The van der Waals surface area contributed by atoms with Crippen molar-refractivity contribution in [3.8, 4) is 45.4 Å². The van der Waals surface area contributed by atoms with Gasteiger partial charge < -0.3 is 9.47 Å². The van der Waals surface area contributed by atoms with E-state index < -0.39 is 21.7 Å². The third kappa shape index (κ3) is 8.24. The second kappa shape index (κ2) is 17.7. The summed E-state index contributed by atoms with van der Waals surface area (Å²) in [6.45, 7) is 2.47. The molecule has 0 fully saturated rings. The van der Waals surface area contributed by atoms with Gasteiger partial charge in [0.1, 0.15) is 17.3 Å². The molecule has 0 bridgehead atoms. The summed E-state index contributed by atoms with van der Waals surface area (Å²) < 4.78 is 46.8. The molecule has 0 spiro atoms. The van der Waals surface area contributed by atoms with Gasteiger partial charge in [0.25, 0.3) is 15.9 Å². The molecule has 0 amide bonds. The molecular formula is C48H40Cl2N4O5S. The number of halogens is 2. The Hall–Kier alpha value is -6.04. The molecule has 302 valence electrons. The summed E-state index contributed by atoms with van der Waals surface area (Å²) in [5.41, 5.74) is 6.95. The highest BCUT2D eigenvalue weighted by molar-refractivity contribution is 7.85. The minimum atomic E-state index is -4.19. The molecule has 0 saturated carbocycles. The summed E-state index contributed by atoms with van der Waals surface area (Å²) in [4.78, 5) is 16.9. The van der Waals surface area contributed by atoms with E-state index in [9.17, 15) is 13.0 Å². The van der Waals surface area contributed by atoms with Crippen LogP contribution in [0, 0.1) is 0 Å². The second-order valence-electron chi connectivity index (χ2n) is 14.1. The molecule has 1 aromatic heterocycles. The largest absolute Gasteiger partial charge is 0.492 e. The van der Waals surface area contributed by atoms with Crippen molar-refractivity contribution in [2.45, 2.75) is 25.6 Å². The average molecular weight is 856 g/mol. The first kappa shape index (κ1) is 40.7. The van der Waals surface area contributed by atoms with Gasteiger partial charge in [-0.3, -0.25) is 9.12 Å². The lowest BCUT2D eigenvalue weighted by atomic mass is 10.0. The van der Waals surface area contributed by atoms with Crippen LogP contribution in [-0.2, 0) is 15.9 Å². The van der Waals surface area contributed by atoms with Crippen LogP contribution >= 0.6 is 23.2 Å². The van der Waals surface area contributed by atoms with Gasteiger partial charge in [-0.25, -0.2) is 15.0 Å². The summed E-state index contributed by atoms with van der Waals surface area (Å²) in [6.07, 6.45) is 0.825. The Bertz CT molecular complexity index is 2740. The van der Waals surface area contributed by atoms with E-state index in [1.807, 2.05) is 157 Å². The molecule has 0 radical (unpaired) electrons. The number of benzene rings is 6. The van der Waals surface area contributed by atoms with Crippen LogP contribution in [0.2, 0.25) is 10.0 Å². The van der Waals surface area contributed by atoms with Gasteiger partial charge in [-0.2, -0.15) is 8.42 Å². The number of hydrogen-bond acceptors (Lipinski definition) is 7. The minimum Gasteiger partial charge on any atom is -0.492 e. The Labute approximate surface area is 359 Å². The smallest absolute Gasteiger partial charge is 0.264 e. The van der Waals surface area contributed by atoms with Crippen LogP contribution < -0.4 is 9.47 Å². The summed E-state index contributed by atoms with van der Waals surface area (Å²) in [5, 5.41) is 0.566. The van der Waals surface area contributed by atoms with Gasteiger partial charge in [-0.05, 0) is 31.0 Å². The van der Waals surface area contributed by atoms with Crippen molar-refractivity contribution >= 4 is 44.7 Å². The van der Waals surface area contributed by atoms with Crippen molar-refractivity contribution in [3.63, 3.8) is 0 Å². The number of hydrogen-bond donors (Lipinski definition) is 1. The molecule has 0 aliphatic carbocycles. The highest BCUT2D eigenvalue weighted by atomic mass is 35.5. The fourth-order valence-corrected chi connectivity index (χ4v) is 8.31. The highest BCUT2D eigenvalue weighted by Gasteiger charge is 2.47. The molecular weight excluding hydrogens is 816 g/mol. The summed E-state index contributed by atoms with van der Waals surface area (Å²) in [7, 11) is -4.19. The van der Waals surface area contributed by atoms with Gasteiger partial charge in [0, 0.05) is 33.4 Å². The Morgan fingerprint density at radius 1 is 0.617 bits per heavy atom. The van der Waals surface area contributed by atoms with Gasteiger partial charge >= 0.3 is 0 Å². The maximum Gasteiger partial charge on any atom is 0.264 e. The maximum atomic E-state index is 11.5. The average Bonchev–Trinajstić information content (AvgIpc) is 3.88. The van der Waals surface area contributed by atoms with Crippen LogP contribution in [0.1, 0.15) is 36.5 Å². The van der Waals surface area contributed by atoms with Gasteiger partial charge in [-0.1, -0.05) is 170 Å². The lowest BCUT2D eigenvalue weighted by Crippen LogP contribution is -2.32. The van der Waals surface area contributed by atoms with Crippen molar-refractivity contribution in [1.82, 2.24) is 9.55 Å². The van der Waals surface area contributed by atoms with Crippen LogP contribution in [0.5, 0.6) is 11.5 Å². The molecule has 1 N–H and O–H groups in total. The van der Waals surface area contributed by atoms with E-state index in [-0.39, 0.29) is 23.8 Å². The van der Waals surface area contributed by atoms with Crippen molar-refractivity contribution in [2.75, 3.05) is 19.0 Å². The Balaban J connectivity index is 1.52. The second-order valence-corrected chi connectivity index (χ2v) is 16.4. The van der Waals surface area contributed by atoms with E-state index in [0.717, 1.165) is 28.7 Å². The zero-order valence-electron chi connectivity index (χ0n) is 32.6. The molecule has 6 aromatic carbocycles. The van der Waals surface area contributed by atoms with Gasteiger partial charge in [0.15, 0.2) is 0 Å². The van der Waals surface area contributed by atoms with E-state index in [1.165, 1.54) is 0 Å². The van der Waals surface area contributed by atoms with E-state index in [2.05, 4.69) is 0 Å². The van der Waals surface area contributed by atoms with E-state index in [1.54, 1.807) is 12.1 Å². The molecule has 8 rings (SSSR count). The van der Waals surface area contributed by atoms with Crippen molar-refractivity contribution in [1.29, 1.82) is 0 Å². The lowest BCUT2D eigenvalue weighted by Gasteiger charge is -2.31. The molecule has 60 heavy (non-hydrogen) atoms. The molecule has 0 atom stereocenters. The lowest BCUT2D eigenvalue weighted by molar-refractivity contribution is 0.314. The molecule has 12 heteroatoms. The number of rotatable bonds is 15. The molecule has 0 saturated heterocycles. The highest BCUT2D eigenvalue weighted by Crippen LogP contribution is 2.50. The van der Waals surface area contributed by atoms with Crippen molar-refractivity contribution < 1.29 is 22.4 Å². The predicted octanol–water partition coefficient (Wildman–Crippen LogP) is 11.3. The first-order valence-corrected chi connectivity index (χ1v) is 21.9. The zero-order valence-corrected chi connectivity index (χ0v) is 34.9. The van der Waals surface area contributed by atoms with E-state index in [4.69, 9.17) is 47.6 Å². The number of aliphatic imine (C=N–C) groups is 2.